The molecule has 0 unspecified atom stereocenters. The predicted molar refractivity (Wildman–Crippen MR) is 283 cm³/mol. The average molecular weight is 857 g/mol. The monoisotopic (exact) mass is 857 g/mol. The zero-order valence-electron chi connectivity index (χ0n) is 41.4. The summed E-state index contributed by atoms with van der Waals surface area (Å²) in [6.07, 6.45) is 5.65. The first-order valence-corrected chi connectivity index (χ1v) is 23.0. The first-order valence-electron chi connectivity index (χ1n) is 23.0. The van der Waals surface area contributed by atoms with Crippen LogP contribution in [0.3, 0.4) is 0 Å². The van der Waals surface area contributed by atoms with Crippen LogP contribution in [0.1, 0.15) is 111 Å². The number of nitrogens with zero attached hydrogens (tertiary/aromatic N) is 2. The molecule has 0 spiro atoms. The van der Waals surface area contributed by atoms with Crippen molar-refractivity contribution < 1.29 is 0 Å². The van der Waals surface area contributed by atoms with Gasteiger partial charge in [0.2, 0.25) is 0 Å². The quantitative estimate of drug-likeness (QED) is 0.176. The molecular weight excluding hydrogens is 785 g/mol. The summed E-state index contributed by atoms with van der Waals surface area (Å²) in [5.74, 6) is 0. The summed E-state index contributed by atoms with van der Waals surface area (Å²) in [6.45, 7) is 28.9. The Kier molecular flexibility index (Phi) is 16.8. The minimum Gasteiger partial charge on any atom is -0.264 e. The van der Waals surface area contributed by atoms with Gasteiger partial charge < -0.3 is 0 Å². The average Bonchev–Trinajstić information content (AvgIpc) is 3.30. The van der Waals surface area contributed by atoms with E-state index in [1.165, 1.54) is 66.8 Å². The van der Waals surface area contributed by atoms with E-state index >= 15 is 0 Å². The second-order valence-corrected chi connectivity index (χ2v) is 21.0. The van der Waals surface area contributed by atoms with E-state index in [1.807, 2.05) is 31.5 Å². The number of rotatable bonds is 4. The summed E-state index contributed by atoms with van der Waals surface area (Å²) in [7, 11) is 0. The molecule has 2 nitrogen and oxygen atoms in total. The van der Waals surface area contributed by atoms with Crippen LogP contribution < -0.4 is 0 Å². The lowest BCUT2D eigenvalue weighted by molar-refractivity contribution is 0.590. The van der Waals surface area contributed by atoms with Crippen molar-refractivity contribution in [1.29, 1.82) is 0 Å². The Labute approximate surface area is 392 Å². The maximum Gasteiger partial charge on any atom is 0.0373 e. The third kappa shape index (κ3) is 15.4. The predicted octanol–water partition coefficient (Wildman–Crippen LogP) is 17.7. The number of pyridine rings is 2. The molecule has 2 heterocycles. The highest BCUT2D eigenvalue weighted by Crippen LogP contribution is 2.30. The van der Waals surface area contributed by atoms with Crippen LogP contribution in [-0.2, 0) is 21.7 Å². The lowest BCUT2D eigenvalue weighted by atomic mass is 9.85. The largest absolute Gasteiger partial charge is 0.264 e. The first-order chi connectivity index (χ1) is 30.7. The summed E-state index contributed by atoms with van der Waals surface area (Å²) in [6, 6.07) is 64.3. The van der Waals surface area contributed by atoms with Gasteiger partial charge in [0, 0.05) is 29.8 Å². The van der Waals surface area contributed by atoms with E-state index < -0.39 is 0 Å². The molecule has 0 fully saturated rings. The third-order valence-corrected chi connectivity index (χ3v) is 11.4. The second-order valence-electron chi connectivity index (χ2n) is 21.0. The van der Waals surface area contributed by atoms with Gasteiger partial charge in [-0.1, -0.05) is 253 Å². The van der Waals surface area contributed by atoms with E-state index in [-0.39, 0.29) is 21.7 Å². The highest BCUT2D eigenvalue weighted by molar-refractivity contribution is 5.66. The van der Waals surface area contributed by atoms with Crippen molar-refractivity contribution in [2.24, 2.45) is 0 Å². The van der Waals surface area contributed by atoms with E-state index in [0.717, 1.165) is 5.69 Å². The van der Waals surface area contributed by atoms with Gasteiger partial charge in [0.1, 0.15) is 0 Å². The summed E-state index contributed by atoms with van der Waals surface area (Å²) in [5.41, 5.74) is 17.3. The molecule has 8 rings (SSSR count). The van der Waals surface area contributed by atoms with Crippen LogP contribution in [0.15, 0.2) is 201 Å². The second kappa shape index (κ2) is 22.0. The fourth-order valence-corrected chi connectivity index (χ4v) is 7.09. The molecule has 0 bridgehead atoms. The van der Waals surface area contributed by atoms with E-state index in [4.69, 9.17) is 0 Å². The van der Waals surface area contributed by atoms with Gasteiger partial charge in [-0.2, -0.15) is 0 Å². The maximum atomic E-state index is 4.35. The molecule has 2 heteroatoms. The van der Waals surface area contributed by atoms with Crippen molar-refractivity contribution in [3.63, 3.8) is 0 Å². The van der Waals surface area contributed by atoms with Gasteiger partial charge in [-0.05, 0) is 102 Å². The highest BCUT2D eigenvalue weighted by atomic mass is 14.7. The summed E-state index contributed by atoms with van der Waals surface area (Å²) < 4.78 is 0. The summed E-state index contributed by atoms with van der Waals surface area (Å²) in [5, 5.41) is 0. The number of aryl methyl sites for hydroxylation is 1. The molecule has 0 radical (unpaired) electrons. The number of aromatic nitrogens is 2. The molecule has 0 saturated heterocycles. The molecule has 0 N–H and O–H groups in total. The lowest BCUT2D eigenvalue weighted by Crippen LogP contribution is -2.10. The maximum absolute atomic E-state index is 4.35. The van der Waals surface area contributed by atoms with Crippen molar-refractivity contribution in [3.8, 4) is 44.5 Å². The molecular formula is C63H72N2. The molecule has 0 aliphatic heterocycles. The SMILES string of the molecule is CC(C)(C)c1ccc(-c2ccccc2)cc1.CC(C)(C)c1cccc(-c2ccccc2)c1.CC(C)(C)c1cccc(-c2cccnc2)c1.Cc1ccc(-c2cccc(C(C)(C)C)c2)cn1. The topological polar surface area (TPSA) is 25.8 Å². The Morgan fingerprint density at radius 1 is 0.277 bits per heavy atom. The van der Waals surface area contributed by atoms with Gasteiger partial charge in [0.25, 0.3) is 0 Å². The lowest BCUT2D eigenvalue weighted by Gasteiger charge is -2.19. The van der Waals surface area contributed by atoms with Crippen LogP contribution in [0.5, 0.6) is 0 Å². The van der Waals surface area contributed by atoms with Crippen molar-refractivity contribution in [2.45, 2.75) is 112 Å². The molecule has 334 valence electrons. The van der Waals surface area contributed by atoms with E-state index in [2.05, 4.69) is 263 Å². The third-order valence-electron chi connectivity index (χ3n) is 11.4. The smallest absolute Gasteiger partial charge is 0.0373 e. The zero-order chi connectivity index (χ0) is 47.3. The molecule has 0 atom stereocenters. The van der Waals surface area contributed by atoms with E-state index in [9.17, 15) is 0 Å². The number of benzene rings is 6. The summed E-state index contributed by atoms with van der Waals surface area (Å²) >= 11 is 0. The van der Waals surface area contributed by atoms with Gasteiger partial charge in [-0.15, -0.1) is 0 Å². The highest BCUT2D eigenvalue weighted by Gasteiger charge is 2.16. The van der Waals surface area contributed by atoms with Crippen LogP contribution in [-0.4, -0.2) is 9.97 Å². The fourth-order valence-electron chi connectivity index (χ4n) is 7.09. The van der Waals surface area contributed by atoms with Crippen LogP contribution >= 0.6 is 0 Å². The standard InChI is InChI=1S/C16H19N.2C16H18.C15H17N/c1-12-8-9-14(11-17-12)13-6-5-7-15(10-13)16(2,3)4;1-16(2,3)15-11-7-10-14(12-15)13-8-5-4-6-9-13;1-16(2,3)15-11-9-14(10-12-15)13-7-5-4-6-8-13;1-15(2,3)14-8-4-6-12(10-14)13-7-5-9-16-11-13/h5-11H,1-4H3;2*4-12H,1-3H3;4-11H,1-3H3. The Bertz CT molecular complexity index is 2540. The Hall–Kier alpha value is -6.38. The number of hydrogen-bond acceptors (Lipinski definition) is 2. The van der Waals surface area contributed by atoms with Gasteiger partial charge in [0.15, 0.2) is 0 Å². The van der Waals surface area contributed by atoms with E-state index in [0.29, 0.717) is 0 Å². The van der Waals surface area contributed by atoms with Gasteiger partial charge >= 0.3 is 0 Å². The van der Waals surface area contributed by atoms with Crippen molar-refractivity contribution in [3.05, 3.63) is 229 Å². The molecule has 0 aliphatic carbocycles. The molecule has 0 amide bonds. The van der Waals surface area contributed by atoms with Crippen LogP contribution in [0.2, 0.25) is 0 Å². The van der Waals surface area contributed by atoms with Crippen LogP contribution in [0, 0.1) is 6.92 Å². The van der Waals surface area contributed by atoms with E-state index in [1.54, 1.807) is 6.20 Å². The summed E-state index contributed by atoms with van der Waals surface area (Å²) in [4.78, 5) is 8.50. The molecule has 65 heavy (non-hydrogen) atoms. The molecule has 8 aromatic rings. The Balaban J connectivity index is 0.000000163. The minimum absolute atomic E-state index is 0.189. The van der Waals surface area contributed by atoms with Gasteiger partial charge in [-0.25, -0.2) is 0 Å². The molecule has 0 aliphatic rings. The molecule has 2 aromatic heterocycles. The Morgan fingerprint density at radius 3 is 0.985 bits per heavy atom. The minimum atomic E-state index is 0.189. The normalized spacial score (nSPS) is 11.5. The molecule has 6 aromatic carbocycles. The van der Waals surface area contributed by atoms with Gasteiger partial charge in [-0.3, -0.25) is 9.97 Å². The van der Waals surface area contributed by atoms with Crippen molar-refractivity contribution >= 4 is 0 Å². The van der Waals surface area contributed by atoms with Crippen molar-refractivity contribution in [2.75, 3.05) is 0 Å². The van der Waals surface area contributed by atoms with Crippen molar-refractivity contribution in [1.82, 2.24) is 9.97 Å². The number of hydrogen-bond donors (Lipinski definition) is 0. The fraction of sp³-hybridized carbons (Fsp3) is 0.270. The first kappa shape index (κ1) is 49.6. The molecule has 0 saturated carbocycles. The van der Waals surface area contributed by atoms with Crippen LogP contribution in [0.25, 0.3) is 44.5 Å². The Morgan fingerprint density at radius 2 is 0.615 bits per heavy atom. The zero-order valence-corrected chi connectivity index (χ0v) is 41.4. The van der Waals surface area contributed by atoms with Gasteiger partial charge in [0.05, 0.1) is 0 Å². The van der Waals surface area contributed by atoms with Crippen LogP contribution in [0.4, 0.5) is 0 Å².